The third-order valence-electron chi connectivity index (χ3n) is 6.54. The number of carbonyl (C=O) groups is 2. The van der Waals surface area contributed by atoms with Crippen molar-refractivity contribution in [2.45, 2.75) is 51.9 Å². The highest BCUT2D eigenvalue weighted by atomic mass is 16.5. The van der Waals surface area contributed by atoms with E-state index in [0.29, 0.717) is 63.1 Å². The van der Waals surface area contributed by atoms with Crippen LogP contribution < -0.4 is 0 Å². The summed E-state index contributed by atoms with van der Waals surface area (Å²) in [5.41, 5.74) is 3.42. The Kier molecular flexibility index (Phi) is 8.29. The van der Waals surface area contributed by atoms with Crippen LogP contribution in [-0.2, 0) is 22.4 Å². The number of hydrogen-bond donors (Lipinski definition) is 0. The fourth-order valence-corrected chi connectivity index (χ4v) is 4.31. The van der Waals surface area contributed by atoms with Gasteiger partial charge in [0.05, 0.1) is 0 Å². The molecule has 1 saturated heterocycles. The number of amides is 2. The number of hydrogen-bond acceptors (Lipinski definition) is 5. The maximum atomic E-state index is 12.7. The molecule has 0 radical (unpaired) electrons. The quantitative estimate of drug-likeness (QED) is 0.457. The number of benzene rings is 2. The van der Waals surface area contributed by atoms with Crippen molar-refractivity contribution >= 4 is 11.8 Å². The van der Waals surface area contributed by atoms with Crippen LogP contribution in [-0.4, -0.2) is 57.9 Å². The first-order chi connectivity index (χ1) is 17.0. The smallest absolute Gasteiger partial charge is 0.227 e. The Labute approximate surface area is 207 Å². The number of nitrogens with zero attached hydrogens (tertiary/aromatic N) is 4. The molecule has 0 aliphatic carbocycles. The molecule has 1 aliphatic heterocycles. The van der Waals surface area contributed by atoms with Crippen molar-refractivity contribution in [3.05, 3.63) is 71.6 Å². The maximum absolute atomic E-state index is 12.7. The average Bonchev–Trinajstić information content (AvgIpc) is 3.37. The Bertz CT molecular complexity index is 1100. The molecule has 2 amide bonds. The van der Waals surface area contributed by atoms with E-state index in [1.54, 1.807) is 0 Å². The van der Waals surface area contributed by atoms with Gasteiger partial charge in [0.25, 0.3) is 0 Å². The van der Waals surface area contributed by atoms with Gasteiger partial charge in [-0.25, -0.2) is 0 Å². The van der Waals surface area contributed by atoms with E-state index in [-0.39, 0.29) is 11.8 Å². The van der Waals surface area contributed by atoms with Gasteiger partial charge in [0.1, 0.15) is 0 Å². The van der Waals surface area contributed by atoms with Gasteiger partial charge in [-0.1, -0.05) is 73.6 Å². The summed E-state index contributed by atoms with van der Waals surface area (Å²) in [6.07, 6.45) is 3.03. The lowest BCUT2D eigenvalue weighted by Gasteiger charge is -2.35. The fourth-order valence-electron chi connectivity index (χ4n) is 4.31. The molecular formula is C28H34N4O3. The largest absolute Gasteiger partial charge is 0.339 e. The zero-order chi connectivity index (χ0) is 24.6. The van der Waals surface area contributed by atoms with Crippen molar-refractivity contribution in [3.63, 3.8) is 0 Å². The molecule has 2 aromatic carbocycles. The van der Waals surface area contributed by atoms with Crippen LogP contribution in [0.5, 0.6) is 0 Å². The third-order valence-corrected chi connectivity index (χ3v) is 6.54. The lowest BCUT2D eigenvalue weighted by atomic mass is 10.0. The standard InChI is InChI=1S/C28H34N4O3/c1-21(2)23-11-13-24(14-12-23)28-29-25(35-30-28)15-16-27(34)32-19-17-31(18-20-32)26(33)10-6-9-22-7-4-3-5-8-22/h3-5,7-8,11-14,21H,6,9-10,15-20H2,1-2H3. The summed E-state index contributed by atoms with van der Waals surface area (Å²) in [7, 11) is 0. The lowest BCUT2D eigenvalue weighted by molar-refractivity contribution is -0.139. The van der Waals surface area contributed by atoms with Crippen molar-refractivity contribution in [1.82, 2.24) is 19.9 Å². The molecule has 0 saturated carbocycles. The van der Waals surface area contributed by atoms with E-state index in [2.05, 4.69) is 48.3 Å². The van der Waals surface area contributed by atoms with Gasteiger partial charge in [0.2, 0.25) is 23.5 Å². The van der Waals surface area contributed by atoms with Crippen molar-refractivity contribution < 1.29 is 14.1 Å². The summed E-state index contributed by atoms with van der Waals surface area (Å²) >= 11 is 0. The van der Waals surface area contributed by atoms with E-state index in [1.165, 1.54) is 11.1 Å². The van der Waals surface area contributed by atoms with Gasteiger partial charge in [-0.2, -0.15) is 4.98 Å². The molecule has 0 bridgehead atoms. The number of aryl methyl sites for hydroxylation is 2. The van der Waals surface area contributed by atoms with Crippen LogP contribution in [0.4, 0.5) is 0 Å². The first-order valence-corrected chi connectivity index (χ1v) is 12.5. The topological polar surface area (TPSA) is 79.5 Å². The van der Waals surface area contributed by atoms with Crippen LogP contribution in [0.3, 0.4) is 0 Å². The predicted molar refractivity (Wildman–Crippen MR) is 135 cm³/mol. The highest BCUT2D eigenvalue weighted by molar-refractivity contribution is 5.78. The van der Waals surface area contributed by atoms with Crippen molar-refractivity contribution in [2.24, 2.45) is 0 Å². The maximum Gasteiger partial charge on any atom is 0.227 e. The van der Waals surface area contributed by atoms with Crippen LogP contribution >= 0.6 is 0 Å². The minimum absolute atomic E-state index is 0.0576. The first-order valence-electron chi connectivity index (χ1n) is 12.5. The number of rotatable bonds is 9. The Hall–Kier alpha value is -3.48. The molecule has 7 nitrogen and oxygen atoms in total. The monoisotopic (exact) mass is 474 g/mol. The molecule has 184 valence electrons. The van der Waals surface area contributed by atoms with Gasteiger partial charge in [0.15, 0.2) is 0 Å². The first kappa shape index (κ1) is 24.6. The average molecular weight is 475 g/mol. The summed E-state index contributed by atoms with van der Waals surface area (Å²) < 4.78 is 5.37. The van der Waals surface area contributed by atoms with E-state index < -0.39 is 0 Å². The van der Waals surface area contributed by atoms with Crippen molar-refractivity contribution in [2.75, 3.05) is 26.2 Å². The lowest BCUT2D eigenvalue weighted by Crippen LogP contribution is -2.50. The van der Waals surface area contributed by atoms with E-state index in [9.17, 15) is 9.59 Å². The third kappa shape index (κ3) is 6.78. The molecule has 0 unspecified atom stereocenters. The van der Waals surface area contributed by atoms with Crippen molar-refractivity contribution in [3.8, 4) is 11.4 Å². The van der Waals surface area contributed by atoms with E-state index >= 15 is 0 Å². The van der Waals surface area contributed by atoms with Gasteiger partial charge in [-0.3, -0.25) is 9.59 Å². The Morgan fingerprint density at radius 1 is 0.857 bits per heavy atom. The van der Waals surface area contributed by atoms with Crippen LogP contribution in [0, 0.1) is 0 Å². The number of aromatic nitrogens is 2. The number of piperazine rings is 1. The van der Waals surface area contributed by atoms with Crippen molar-refractivity contribution in [1.29, 1.82) is 0 Å². The molecule has 0 N–H and O–H groups in total. The Morgan fingerprint density at radius 3 is 2.11 bits per heavy atom. The van der Waals surface area contributed by atoms with E-state index in [0.717, 1.165) is 18.4 Å². The van der Waals surface area contributed by atoms with Crippen LogP contribution in [0.2, 0.25) is 0 Å². The second kappa shape index (κ2) is 11.8. The molecular weight excluding hydrogens is 440 g/mol. The normalized spacial score (nSPS) is 13.9. The fraction of sp³-hybridized carbons (Fsp3) is 0.429. The van der Waals surface area contributed by atoms with Gasteiger partial charge < -0.3 is 14.3 Å². The predicted octanol–water partition coefficient (Wildman–Crippen LogP) is 4.49. The molecule has 0 spiro atoms. The molecule has 2 heterocycles. The van der Waals surface area contributed by atoms with Crippen LogP contribution in [0.1, 0.15) is 56.0 Å². The van der Waals surface area contributed by atoms with Crippen LogP contribution in [0.15, 0.2) is 59.1 Å². The van der Waals surface area contributed by atoms with Gasteiger partial charge in [-0.15, -0.1) is 0 Å². The van der Waals surface area contributed by atoms with Gasteiger partial charge in [0, 0.05) is 51.0 Å². The summed E-state index contributed by atoms with van der Waals surface area (Å²) in [4.78, 5) is 33.4. The summed E-state index contributed by atoms with van der Waals surface area (Å²) in [5.74, 6) is 1.71. The van der Waals surface area contributed by atoms with Gasteiger partial charge >= 0.3 is 0 Å². The van der Waals surface area contributed by atoms with E-state index in [1.807, 2.05) is 40.1 Å². The minimum Gasteiger partial charge on any atom is -0.339 e. The molecule has 1 fully saturated rings. The summed E-state index contributed by atoms with van der Waals surface area (Å²) in [6.45, 7) is 6.63. The molecule has 1 aliphatic rings. The molecule has 1 aromatic heterocycles. The SMILES string of the molecule is CC(C)c1ccc(-c2noc(CCC(=O)N3CCN(C(=O)CCCc4ccccc4)CC3)n2)cc1. The molecule has 35 heavy (non-hydrogen) atoms. The second-order valence-corrected chi connectivity index (χ2v) is 9.39. The highest BCUT2D eigenvalue weighted by Crippen LogP contribution is 2.21. The zero-order valence-electron chi connectivity index (χ0n) is 20.7. The van der Waals surface area contributed by atoms with Gasteiger partial charge in [-0.05, 0) is 29.9 Å². The number of carbonyl (C=O) groups excluding carboxylic acids is 2. The zero-order valence-corrected chi connectivity index (χ0v) is 20.7. The molecule has 4 rings (SSSR count). The van der Waals surface area contributed by atoms with E-state index in [4.69, 9.17) is 4.52 Å². The van der Waals surface area contributed by atoms with Crippen LogP contribution in [0.25, 0.3) is 11.4 Å². The Balaban J connectivity index is 1.18. The molecule has 0 atom stereocenters. The second-order valence-electron chi connectivity index (χ2n) is 9.39. The molecule has 3 aromatic rings. The summed E-state index contributed by atoms with van der Waals surface area (Å²) in [5, 5.41) is 4.07. The molecule has 7 heteroatoms. The highest BCUT2D eigenvalue weighted by Gasteiger charge is 2.24. The Morgan fingerprint density at radius 2 is 1.49 bits per heavy atom. The summed E-state index contributed by atoms with van der Waals surface area (Å²) in [6, 6.07) is 18.4. The minimum atomic E-state index is 0.0576.